The van der Waals surface area contributed by atoms with E-state index in [0.29, 0.717) is 0 Å². The van der Waals surface area contributed by atoms with Gasteiger partial charge < -0.3 is 0 Å². The van der Waals surface area contributed by atoms with Gasteiger partial charge in [-0.25, -0.2) is 0 Å². The second-order valence-electron chi connectivity index (χ2n) is 0. The molecule has 0 amide bonds. The van der Waals surface area contributed by atoms with E-state index in [-0.39, 0.29) is 74.7 Å². The summed E-state index contributed by atoms with van der Waals surface area (Å²) in [5.41, 5.74) is 0. The zero-order valence-electron chi connectivity index (χ0n) is 1.22. The quantitative estimate of drug-likeness (QED) is 0.475. The predicted octanol–water partition coefficient (Wildman–Crippen LogP) is -1.46. The Hall–Kier alpha value is 2.28. The molecule has 0 atom stereocenters. The van der Waals surface area contributed by atoms with Gasteiger partial charge in [-0.2, -0.15) is 0 Å². The largest absolute Gasteiger partial charge is 0.0149 e. The van der Waals surface area contributed by atoms with Crippen molar-refractivity contribution in [3.05, 3.63) is 0 Å². The van der Waals surface area contributed by atoms with E-state index < -0.39 is 0 Å². The molecule has 0 N–H and O–H groups in total. The number of hydrogen-bond donors (Lipinski definition) is 0. The van der Waals surface area contributed by atoms with Crippen LogP contribution in [0.3, 0.4) is 0 Å². The Balaban J connectivity index is 0. The first-order valence-corrected chi connectivity index (χ1v) is 0. The summed E-state index contributed by atoms with van der Waals surface area (Å²) >= 11 is 0. The summed E-state index contributed by atoms with van der Waals surface area (Å²) in [5, 5.41) is 0. The van der Waals surface area contributed by atoms with Crippen molar-refractivity contribution in [1.29, 1.82) is 0 Å². The minimum Gasteiger partial charge on any atom is -0.0149 e. The van der Waals surface area contributed by atoms with Crippen molar-refractivity contribution in [2.45, 2.75) is 0 Å². The van der Waals surface area contributed by atoms with E-state index in [1.54, 1.807) is 0 Å². The maximum Gasteiger partial charge on any atom is 0 e. The van der Waals surface area contributed by atoms with E-state index in [1.807, 2.05) is 0 Å². The van der Waals surface area contributed by atoms with E-state index >= 15 is 0 Å². The molecule has 0 aromatic carbocycles. The van der Waals surface area contributed by atoms with Crippen LogP contribution in [0.15, 0.2) is 0 Å². The average molecular weight is 278 g/mol. The maximum atomic E-state index is 0. The Morgan fingerprint density at radius 2 is 1.00 bits per heavy atom. The molecule has 0 spiro atoms. The van der Waals surface area contributed by atoms with Gasteiger partial charge in [0.25, 0.3) is 0 Å². The summed E-state index contributed by atoms with van der Waals surface area (Å²) in [4.78, 5) is 0. The Bertz CT molecular complexity index is 8.00. The van der Waals surface area contributed by atoms with Crippen molar-refractivity contribution in [1.82, 2.24) is 0 Å². The standard InChI is InChI=1S/Mo.Ni.H4Si.Zr/h;;1H4;. The van der Waals surface area contributed by atoms with Gasteiger partial charge in [-0.1, -0.05) is 0 Å². The molecule has 0 aliphatic carbocycles. The molecule has 0 bridgehead atoms. The summed E-state index contributed by atoms with van der Waals surface area (Å²) in [6.07, 6.45) is 0. The van der Waals surface area contributed by atoms with Crippen molar-refractivity contribution in [2.75, 3.05) is 0 Å². The van der Waals surface area contributed by atoms with Crippen LogP contribution in [0.5, 0.6) is 0 Å². The Morgan fingerprint density at radius 3 is 1.00 bits per heavy atom. The second kappa shape index (κ2) is 18.6. The number of hydrogen-bond acceptors (Lipinski definition) is 0. The molecule has 0 nitrogen and oxygen atoms in total. The van der Waals surface area contributed by atoms with Crippen LogP contribution in [0.2, 0.25) is 0 Å². The van der Waals surface area contributed by atoms with Crippen LogP contribution in [0.25, 0.3) is 0 Å². The smallest absolute Gasteiger partial charge is 0 e. The molecule has 0 unspecified atom stereocenters. The van der Waals surface area contributed by atoms with E-state index in [9.17, 15) is 0 Å². The second-order valence-corrected chi connectivity index (χ2v) is 0. The molecule has 28 valence electrons. The van der Waals surface area contributed by atoms with Crippen molar-refractivity contribution in [3.8, 4) is 0 Å². The number of rotatable bonds is 0. The molecule has 0 radical (unpaired) electrons. The molecule has 0 fully saturated rings. The molecule has 0 aromatic rings. The van der Waals surface area contributed by atoms with Gasteiger partial charge in [-0.15, -0.1) is 0 Å². The van der Waals surface area contributed by atoms with Gasteiger partial charge in [0.1, 0.15) is 0 Å². The molecule has 0 heterocycles. The van der Waals surface area contributed by atoms with Crippen molar-refractivity contribution >= 4 is 11.0 Å². The topological polar surface area (TPSA) is 0 Å². The first-order valence-electron chi connectivity index (χ1n) is 0. The van der Waals surface area contributed by atoms with Crippen LogP contribution < -0.4 is 0 Å². The molecule has 0 aliphatic heterocycles. The zero-order valence-corrected chi connectivity index (χ0v) is 6.68. The fourth-order valence-electron chi connectivity index (χ4n) is 0. The summed E-state index contributed by atoms with van der Waals surface area (Å²) in [5.74, 6) is 0. The molecule has 0 rings (SSSR count). The molecule has 0 aromatic heterocycles. The van der Waals surface area contributed by atoms with E-state index in [0.717, 1.165) is 0 Å². The van der Waals surface area contributed by atoms with Crippen LogP contribution in [0.4, 0.5) is 0 Å². The van der Waals surface area contributed by atoms with Crippen molar-refractivity contribution in [3.63, 3.8) is 0 Å². The van der Waals surface area contributed by atoms with Gasteiger partial charge in [-0.05, 0) is 11.0 Å². The van der Waals surface area contributed by atoms with Crippen LogP contribution in [-0.2, 0) is 63.8 Å². The van der Waals surface area contributed by atoms with Gasteiger partial charge in [-0.3, -0.25) is 0 Å². The van der Waals surface area contributed by atoms with E-state index in [1.165, 1.54) is 0 Å². The van der Waals surface area contributed by atoms with Gasteiger partial charge in [0.05, 0.1) is 0 Å². The first-order chi connectivity index (χ1) is 0. The summed E-state index contributed by atoms with van der Waals surface area (Å²) in [6.45, 7) is 0. The maximum absolute atomic E-state index is 0. The van der Waals surface area contributed by atoms with Crippen LogP contribution in [-0.4, -0.2) is 11.0 Å². The Morgan fingerprint density at radius 1 is 1.00 bits per heavy atom. The average Bonchev–Trinajstić information content (AvgIpc) is 0. The zero-order chi connectivity index (χ0) is 0. The molecule has 0 aliphatic rings. The van der Waals surface area contributed by atoms with Crippen LogP contribution >= 0.6 is 0 Å². The summed E-state index contributed by atoms with van der Waals surface area (Å²) in [7, 11) is 0. The van der Waals surface area contributed by atoms with Crippen LogP contribution in [0, 0.1) is 0 Å². The molecular weight excluding hydrogens is 274 g/mol. The molecule has 0 saturated carbocycles. The monoisotopic (exact) mass is 278 g/mol. The molecular formula is H4MoNiSiZr. The fraction of sp³-hybridized carbons (Fsp3) is 0. The summed E-state index contributed by atoms with van der Waals surface area (Å²) in [6, 6.07) is 0. The third kappa shape index (κ3) is 8.86. The van der Waals surface area contributed by atoms with Gasteiger partial charge in [0.2, 0.25) is 0 Å². The third-order valence-corrected chi connectivity index (χ3v) is 0. The Labute approximate surface area is 73.8 Å². The first kappa shape index (κ1) is 33.7. The van der Waals surface area contributed by atoms with Gasteiger partial charge in [0.15, 0.2) is 0 Å². The predicted molar refractivity (Wildman–Crippen MR) is 11.3 cm³/mol. The third-order valence-electron chi connectivity index (χ3n) is 0. The minimum absolute atomic E-state index is 0. The van der Waals surface area contributed by atoms with Gasteiger partial charge >= 0.3 is 0 Å². The molecule has 4 heavy (non-hydrogen) atoms. The minimum atomic E-state index is 0. The molecule has 0 saturated heterocycles. The van der Waals surface area contributed by atoms with Crippen molar-refractivity contribution in [2.24, 2.45) is 0 Å². The SMILES string of the molecule is [Mo].[Ni].[SiH4].[Zr]. The summed E-state index contributed by atoms with van der Waals surface area (Å²) < 4.78 is 0. The fourth-order valence-corrected chi connectivity index (χ4v) is 0. The van der Waals surface area contributed by atoms with Gasteiger partial charge in [0, 0.05) is 63.8 Å². The molecule has 4 heteroatoms. The van der Waals surface area contributed by atoms with Crippen molar-refractivity contribution < 1.29 is 63.8 Å². The normalized spacial score (nSPS) is 0. The van der Waals surface area contributed by atoms with E-state index in [4.69, 9.17) is 0 Å². The Kier molecular flexibility index (Phi) is 156. The van der Waals surface area contributed by atoms with E-state index in [2.05, 4.69) is 0 Å². The van der Waals surface area contributed by atoms with Crippen LogP contribution in [0.1, 0.15) is 0 Å².